The van der Waals surface area contributed by atoms with Gasteiger partial charge in [0, 0.05) is 36.5 Å². The molecule has 0 bridgehead atoms. The summed E-state index contributed by atoms with van der Waals surface area (Å²) in [6.07, 6.45) is 2.92. The molecule has 2 aliphatic heterocycles. The maximum Gasteiger partial charge on any atom is 0.251 e. The molecule has 2 aromatic rings. The Morgan fingerprint density at radius 2 is 2.18 bits per heavy atom. The van der Waals surface area contributed by atoms with Gasteiger partial charge in [-0.3, -0.25) is 10.1 Å². The van der Waals surface area contributed by atoms with E-state index >= 15 is 0 Å². The van der Waals surface area contributed by atoms with E-state index in [1.54, 1.807) is 6.07 Å². The van der Waals surface area contributed by atoms with E-state index in [0.29, 0.717) is 18.7 Å². The van der Waals surface area contributed by atoms with Crippen molar-refractivity contribution in [3.8, 4) is 0 Å². The second kappa shape index (κ2) is 11.9. The van der Waals surface area contributed by atoms with E-state index in [1.165, 1.54) is 0 Å². The zero-order chi connectivity index (χ0) is 23.9. The molecule has 1 amide bonds. The van der Waals surface area contributed by atoms with Gasteiger partial charge in [-0.15, -0.1) is 21.8 Å². The van der Waals surface area contributed by atoms with Crippen LogP contribution in [0, 0.1) is 0 Å². The number of aromatic nitrogens is 3. The van der Waals surface area contributed by atoms with Crippen molar-refractivity contribution >= 4 is 23.2 Å². The zero-order valence-electron chi connectivity index (χ0n) is 19.6. The third-order valence-corrected chi connectivity index (χ3v) is 6.96. The number of aliphatic hydroxyl groups excluding tert-OH is 1. The Balaban J connectivity index is 1.39. The van der Waals surface area contributed by atoms with E-state index in [1.807, 2.05) is 29.7 Å². The fourth-order valence-corrected chi connectivity index (χ4v) is 5.09. The van der Waals surface area contributed by atoms with Gasteiger partial charge in [0.1, 0.15) is 5.82 Å². The lowest BCUT2D eigenvalue weighted by atomic mass is 9.98. The topological polar surface area (TPSA) is 128 Å². The van der Waals surface area contributed by atoms with Crippen LogP contribution < -0.4 is 26.6 Å². The number of amides is 1. The van der Waals surface area contributed by atoms with Crippen molar-refractivity contribution in [3.63, 3.8) is 0 Å². The second-order valence-corrected chi connectivity index (χ2v) is 9.47. The smallest absolute Gasteiger partial charge is 0.251 e. The van der Waals surface area contributed by atoms with E-state index in [2.05, 4.69) is 36.8 Å². The molecule has 11 heteroatoms. The van der Waals surface area contributed by atoms with Gasteiger partial charge < -0.3 is 30.9 Å². The molecule has 4 rings (SSSR count). The predicted octanol–water partition coefficient (Wildman–Crippen LogP) is 0.942. The summed E-state index contributed by atoms with van der Waals surface area (Å²) in [5.41, 5.74) is 1.39. The van der Waals surface area contributed by atoms with Crippen molar-refractivity contribution in [3.05, 3.63) is 41.5 Å². The molecule has 6 N–H and O–H groups in total. The van der Waals surface area contributed by atoms with Crippen molar-refractivity contribution in [2.75, 3.05) is 31.7 Å². The number of aliphatic hydroxyl groups is 1. The Hall–Kier alpha value is -2.24. The number of nitrogens with zero attached hydrogens (tertiary/aromatic N) is 3. The lowest BCUT2D eigenvalue weighted by molar-refractivity contribution is 0.0928. The minimum atomic E-state index is -0.130. The molecule has 1 aromatic carbocycles. The van der Waals surface area contributed by atoms with Gasteiger partial charge in [-0.1, -0.05) is 6.07 Å². The van der Waals surface area contributed by atoms with Crippen LogP contribution in [-0.2, 0) is 13.1 Å². The zero-order valence-corrected chi connectivity index (χ0v) is 20.3. The first-order chi connectivity index (χ1) is 16.6. The van der Waals surface area contributed by atoms with E-state index in [-0.39, 0.29) is 36.0 Å². The van der Waals surface area contributed by atoms with Crippen LogP contribution in [0.1, 0.15) is 54.2 Å². The molecular formula is C23H35ClN8O2. The summed E-state index contributed by atoms with van der Waals surface area (Å²) < 4.78 is 1.97. The molecule has 1 aromatic heterocycles. The SMILES string of the molecule is C[C@@H](NC(=O)c1cccc(NCc2nnc(C3CCNCN3)n2CCO)c1)C1NCCCC1Cl. The highest BCUT2D eigenvalue weighted by Crippen LogP contribution is 2.20. The first kappa shape index (κ1) is 24.9. The van der Waals surface area contributed by atoms with Crippen LogP contribution in [0.4, 0.5) is 5.69 Å². The minimum absolute atomic E-state index is 0.00978. The molecule has 3 heterocycles. The van der Waals surface area contributed by atoms with Crippen LogP contribution in [0.3, 0.4) is 0 Å². The van der Waals surface area contributed by atoms with E-state index in [0.717, 1.165) is 56.4 Å². The highest BCUT2D eigenvalue weighted by atomic mass is 35.5. The number of nitrogens with one attached hydrogen (secondary N) is 5. The number of piperidine rings is 1. The maximum atomic E-state index is 12.9. The largest absolute Gasteiger partial charge is 0.395 e. The molecule has 4 atom stereocenters. The van der Waals surface area contributed by atoms with Gasteiger partial charge in [0.15, 0.2) is 5.82 Å². The fraction of sp³-hybridized carbons (Fsp3) is 0.609. The number of carbonyl (C=O) groups excluding carboxylic acids is 1. The standard InChI is InChI=1S/C23H35ClN8O2/c1-15(21-18(24)6-3-8-26-21)29-23(34)16-4-2-5-17(12-16)27-13-20-30-31-22(32(20)10-11-33)19-7-9-25-14-28-19/h2,4-5,12,15,18-19,21,25-28,33H,3,6-11,13-14H2,1H3,(H,29,34)/t15-,18?,19?,21?/m1/s1. The van der Waals surface area contributed by atoms with Gasteiger partial charge in [-0.05, 0) is 57.5 Å². The van der Waals surface area contributed by atoms with Crippen LogP contribution in [0.2, 0.25) is 0 Å². The van der Waals surface area contributed by atoms with Crippen LogP contribution in [0.5, 0.6) is 0 Å². The lowest BCUT2D eigenvalue weighted by Gasteiger charge is -2.33. The van der Waals surface area contributed by atoms with Crippen LogP contribution in [0.15, 0.2) is 24.3 Å². The molecule has 186 valence electrons. The number of alkyl halides is 1. The molecule has 0 radical (unpaired) electrons. The molecule has 3 unspecified atom stereocenters. The number of hydrogen-bond donors (Lipinski definition) is 6. The lowest BCUT2D eigenvalue weighted by Crippen LogP contribution is -2.55. The van der Waals surface area contributed by atoms with Crippen LogP contribution in [-0.4, -0.2) is 69.6 Å². The number of benzene rings is 1. The molecule has 34 heavy (non-hydrogen) atoms. The van der Waals surface area contributed by atoms with Gasteiger partial charge >= 0.3 is 0 Å². The summed E-state index contributed by atoms with van der Waals surface area (Å²) in [7, 11) is 0. The minimum Gasteiger partial charge on any atom is -0.395 e. The van der Waals surface area contributed by atoms with Gasteiger partial charge in [0.2, 0.25) is 0 Å². The summed E-state index contributed by atoms with van der Waals surface area (Å²) in [6, 6.07) is 7.49. The van der Waals surface area contributed by atoms with E-state index in [4.69, 9.17) is 11.6 Å². The Bertz CT molecular complexity index is 949. The second-order valence-electron chi connectivity index (χ2n) is 8.91. The van der Waals surface area contributed by atoms with E-state index < -0.39 is 0 Å². The Morgan fingerprint density at radius 3 is 2.94 bits per heavy atom. The monoisotopic (exact) mass is 490 g/mol. The highest BCUT2D eigenvalue weighted by molar-refractivity contribution is 6.21. The molecule has 2 fully saturated rings. The Morgan fingerprint density at radius 1 is 1.29 bits per heavy atom. The number of halogens is 1. The third-order valence-electron chi connectivity index (χ3n) is 6.47. The van der Waals surface area contributed by atoms with Crippen molar-refractivity contribution in [1.82, 2.24) is 36.0 Å². The van der Waals surface area contributed by atoms with Crippen molar-refractivity contribution in [1.29, 1.82) is 0 Å². The van der Waals surface area contributed by atoms with Gasteiger partial charge in [0.25, 0.3) is 5.91 Å². The molecule has 0 aliphatic carbocycles. The van der Waals surface area contributed by atoms with Gasteiger partial charge in [0.05, 0.1) is 24.6 Å². The molecule has 0 saturated carbocycles. The molecule has 0 spiro atoms. The van der Waals surface area contributed by atoms with Gasteiger partial charge in [-0.2, -0.15) is 0 Å². The quantitative estimate of drug-likeness (QED) is 0.287. The molecule has 2 aliphatic rings. The summed E-state index contributed by atoms with van der Waals surface area (Å²) in [5.74, 6) is 1.45. The predicted molar refractivity (Wildman–Crippen MR) is 132 cm³/mol. The fourth-order valence-electron chi connectivity index (χ4n) is 4.63. The van der Waals surface area contributed by atoms with Crippen molar-refractivity contribution in [2.45, 2.75) is 62.8 Å². The molecular weight excluding hydrogens is 456 g/mol. The average molecular weight is 491 g/mol. The molecule has 2 saturated heterocycles. The maximum absolute atomic E-state index is 12.9. The third kappa shape index (κ3) is 6.05. The molecule has 10 nitrogen and oxygen atoms in total. The Labute approximate surface area is 205 Å². The van der Waals surface area contributed by atoms with Crippen molar-refractivity contribution < 1.29 is 9.90 Å². The van der Waals surface area contributed by atoms with Crippen LogP contribution in [0.25, 0.3) is 0 Å². The number of rotatable bonds is 9. The van der Waals surface area contributed by atoms with E-state index in [9.17, 15) is 9.90 Å². The Kier molecular flexibility index (Phi) is 8.74. The average Bonchev–Trinajstić information content (AvgIpc) is 3.26. The normalized spacial score (nSPS) is 23.9. The number of carbonyl (C=O) groups is 1. The highest BCUT2D eigenvalue weighted by Gasteiger charge is 2.29. The van der Waals surface area contributed by atoms with Crippen LogP contribution >= 0.6 is 11.6 Å². The van der Waals surface area contributed by atoms with Crippen molar-refractivity contribution in [2.24, 2.45) is 0 Å². The first-order valence-corrected chi connectivity index (χ1v) is 12.5. The summed E-state index contributed by atoms with van der Waals surface area (Å²) in [4.78, 5) is 12.9. The summed E-state index contributed by atoms with van der Waals surface area (Å²) in [5, 5.41) is 34.8. The van der Waals surface area contributed by atoms with Gasteiger partial charge in [-0.25, -0.2) is 0 Å². The number of hydrogen-bond acceptors (Lipinski definition) is 8. The summed E-state index contributed by atoms with van der Waals surface area (Å²) in [6.45, 7) is 5.41. The first-order valence-electron chi connectivity index (χ1n) is 12.1. The number of anilines is 1. The summed E-state index contributed by atoms with van der Waals surface area (Å²) >= 11 is 6.46.